The summed E-state index contributed by atoms with van der Waals surface area (Å²) in [6.45, 7) is 0.396. The molecule has 31 heavy (non-hydrogen) atoms. The molecule has 1 aliphatic heterocycles. The van der Waals surface area contributed by atoms with Gasteiger partial charge in [0.1, 0.15) is 5.75 Å². The van der Waals surface area contributed by atoms with Gasteiger partial charge in [0.05, 0.1) is 19.1 Å². The highest BCUT2D eigenvalue weighted by Crippen LogP contribution is 2.32. The van der Waals surface area contributed by atoms with Crippen molar-refractivity contribution in [2.24, 2.45) is 0 Å². The summed E-state index contributed by atoms with van der Waals surface area (Å²) in [7, 11) is -1.73. The first-order valence-corrected chi connectivity index (χ1v) is 11.5. The Bertz CT molecular complexity index is 1220. The van der Waals surface area contributed by atoms with Gasteiger partial charge in [-0.15, -0.1) is 0 Å². The van der Waals surface area contributed by atoms with Gasteiger partial charge in [-0.2, -0.15) is 0 Å². The standard InChI is InChI=1S/C23H22N2O5S/c1-29-21-5-3-4-6-22(21)30-19-10-8-18(9-11-19)24-23(26)17-7-12-20-16(15-17)13-14-25(20)31(2,27)28/h3-12,15H,13-14H2,1-2H3,(H,24,26). The zero-order valence-electron chi connectivity index (χ0n) is 17.2. The van der Waals surface area contributed by atoms with Crippen LogP contribution in [0.3, 0.4) is 0 Å². The Morgan fingerprint density at radius 1 is 1.00 bits per heavy atom. The lowest BCUT2D eigenvalue weighted by molar-refractivity contribution is 0.102. The maximum absolute atomic E-state index is 12.7. The number of carbonyl (C=O) groups is 1. The van der Waals surface area contributed by atoms with Crippen LogP contribution in [0.5, 0.6) is 17.2 Å². The van der Waals surface area contributed by atoms with Gasteiger partial charge in [-0.3, -0.25) is 9.10 Å². The van der Waals surface area contributed by atoms with Crippen LogP contribution in [-0.2, 0) is 16.4 Å². The average molecular weight is 439 g/mol. The number of nitrogens with zero attached hydrogens (tertiary/aromatic N) is 1. The maximum atomic E-state index is 12.7. The molecule has 7 nitrogen and oxygen atoms in total. The normalized spacial score (nSPS) is 12.9. The molecule has 0 fully saturated rings. The number of rotatable bonds is 6. The summed E-state index contributed by atoms with van der Waals surface area (Å²) in [6, 6.07) is 19.4. The Balaban J connectivity index is 1.45. The van der Waals surface area contributed by atoms with E-state index in [4.69, 9.17) is 9.47 Å². The fourth-order valence-corrected chi connectivity index (χ4v) is 4.46. The molecule has 160 valence electrons. The number of nitrogens with one attached hydrogen (secondary N) is 1. The van der Waals surface area contributed by atoms with Crippen molar-refractivity contribution in [2.45, 2.75) is 6.42 Å². The Labute approximate surface area is 181 Å². The molecule has 1 heterocycles. The molecule has 0 unspecified atom stereocenters. The van der Waals surface area contributed by atoms with E-state index < -0.39 is 10.0 Å². The van der Waals surface area contributed by atoms with E-state index in [9.17, 15) is 13.2 Å². The monoisotopic (exact) mass is 438 g/mol. The average Bonchev–Trinajstić information content (AvgIpc) is 3.19. The molecule has 0 saturated heterocycles. The highest BCUT2D eigenvalue weighted by molar-refractivity contribution is 7.92. The van der Waals surface area contributed by atoms with Gasteiger partial charge >= 0.3 is 0 Å². The molecule has 1 aliphatic rings. The van der Waals surface area contributed by atoms with Crippen LogP contribution in [0.4, 0.5) is 11.4 Å². The van der Waals surface area contributed by atoms with Gasteiger partial charge < -0.3 is 14.8 Å². The number of sulfonamides is 1. The highest BCUT2D eigenvalue weighted by Gasteiger charge is 2.26. The van der Waals surface area contributed by atoms with Crippen LogP contribution in [0.2, 0.25) is 0 Å². The molecule has 8 heteroatoms. The van der Waals surface area contributed by atoms with Gasteiger partial charge in [0, 0.05) is 17.8 Å². The quantitative estimate of drug-likeness (QED) is 0.627. The van der Waals surface area contributed by atoms with Crippen LogP contribution < -0.4 is 19.1 Å². The first-order chi connectivity index (χ1) is 14.8. The second-order valence-electron chi connectivity index (χ2n) is 7.16. The summed E-state index contributed by atoms with van der Waals surface area (Å²) < 4.78 is 36.2. The molecule has 3 aromatic carbocycles. The number of carbonyl (C=O) groups excluding carboxylic acids is 1. The van der Waals surface area contributed by atoms with Gasteiger partial charge in [-0.1, -0.05) is 12.1 Å². The number of anilines is 2. The van der Waals surface area contributed by atoms with E-state index >= 15 is 0 Å². The van der Waals surface area contributed by atoms with Crippen molar-refractivity contribution in [1.29, 1.82) is 0 Å². The molecule has 0 saturated carbocycles. The van der Waals surface area contributed by atoms with E-state index in [0.29, 0.717) is 47.2 Å². The van der Waals surface area contributed by atoms with Crippen molar-refractivity contribution in [3.05, 3.63) is 77.9 Å². The minimum Gasteiger partial charge on any atom is -0.493 e. The van der Waals surface area contributed by atoms with E-state index in [1.54, 1.807) is 49.6 Å². The summed E-state index contributed by atoms with van der Waals surface area (Å²) in [4.78, 5) is 12.7. The summed E-state index contributed by atoms with van der Waals surface area (Å²) >= 11 is 0. The van der Waals surface area contributed by atoms with Crippen LogP contribution in [-0.4, -0.2) is 34.2 Å². The Morgan fingerprint density at radius 2 is 1.71 bits per heavy atom. The number of hydrogen-bond donors (Lipinski definition) is 1. The Hall–Kier alpha value is -3.52. The van der Waals surface area contributed by atoms with Crippen molar-refractivity contribution >= 4 is 27.3 Å². The number of ether oxygens (including phenoxy) is 2. The van der Waals surface area contributed by atoms with Crippen LogP contribution >= 0.6 is 0 Å². The Kier molecular flexibility index (Phi) is 5.56. The molecule has 1 amide bonds. The zero-order valence-corrected chi connectivity index (χ0v) is 18.0. The van der Waals surface area contributed by atoms with Crippen LogP contribution in [0.15, 0.2) is 66.7 Å². The largest absolute Gasteiger partial charge is 0.493 e. The van der Waals surface area contributed by atoms with Gasteiger partial charge in [-0.25, -0.2) is 8.42 Å². The second-order valence-corrected chi connectivity index (χ2v) is 9.07. The molecule has 3 aromatic rings. The summed E-state index contributed by atoms with van der Waals surface area (Å²) in [5, 5.41) is 2.85. The zero-order chi connectivity index (χ0) is 22.0. The van der Waals surface area contributed by atoms with E-state index in [1.165, 1.54) is 10.6 Å². The number of methoxy groups -OCH3 is 1. The minimum atomic E-state index is -3.32. The Morgan fingerprint density at radius 3 is 2.39 bits per heavy atom. The smallest absolute Gasteiger partial charge is 0.255 e. The van der Waals surface area contributed by atoms with Crippen molar-refractivity contribution < 1.29 is 22.7 Å². The van der Waals surface area contributed by atoms with Gasteiger partial charge in [0.25, 0.3) is 5.91 Å². The number of hydrogen-bond acceptors (Lipinski definition) is 5. The lowest BCUT2D eigenvalue weighted by Crippen LogP contribution is -2.27. The number of fused-ring (bicyclic) bond motifs is 1. The molecular formula is C23H22N2O5S. The third kappa shape index (κ3) is 4.49. The third-order valence-electron chi connectivity index (χ3n) is 5.00. The lowest BCUT2D eigenvalue weighted by atomic mass is 10.1. The fraction of sp³-hybridized carbons (Fsp3) is 0.174. The SMILES string of the molecule is COc1ccccc1Oc1ccc(NC(=O)c2ccc3c(c2)CCN3S(C)(=O)=O)cc1. The predicted molar refractivity (Wildman–Crippen MR) is 120 cm³/mol. The van der Waals surface area contributed by atoms with Gasteiger partial charge in [-0.05, 0) is 66.6 Å². The van der Waals surface area contributed by atoms with Crippen LogP contribution in [0.1, 0.15) is 15.9 Å². The van der Waals surface area contributed by atoms with Crippen molar-refractivity contribution in [3.63, 3.8) is 0 Å². The number of benzene rings is 3. The molecule has 4 rings (SSSR count). The summed E-state index contributed by atoms with van der Waals surface area (Å²) in [5.41, 5.74) is 2.58. The maximum Gasteiger partial charge on any atom is 0.255 e. The summed E-state index contributed by atoms with van der Waals surface area (Å²) in [6.07, 6.45) is 1.77. The van der Waals surface area contributed by atoms with Crippen LogP contribution in [0.25, 0.3) is 0 Å². The number of amides is 1. The third-order valence-corrected chi connectivity index (χ3v) is 6.18. The van der Waals surface area contributed by atoms with E-state index in [1.807, 2.05) is 24.3 Å². The minimum absolute atomic E-state index is 0.265. The molecule has 1 N–H and O–H groups in total. The second kappa shape index (κ2) is 8.31. The number of para-hydroxylation sites is 2. The predicted octanol–water partition coefficient (Wildman–Crippen LogP) is 4.06. The van der Waals surface area contributed by atoms with Crippen molar-refractivity contribution in [3.8, 4) is 17.2 Å². The van der Waals surface area contributed by atoms with E-state index in [2.05, 4.69) is 5.32 Å². The molecular weight excluding hydrogens is 416 g/mol. The fourth-order valence-electron chi connectivity index (χ4n) is 3.50. The molecule has 0 aromatic heterocycles. The molecule has 0 aliphatic carbocycles. The van der Waals surface area contributed by atoms with Crippen LogP contribution in [0, 0.1) is 0 Å². The van der Waals surface area contributed by atoms with Crippen molar-refractivity contribution in [2.75, 3.05) is 29.5 Å². The van der Waals surface area contributed by atoms with Gasteiger partial charge in [0.15, 0.2) is 11.5 Å². The molecule has 0 bridgehead atoms. The lowest BCUT2D eigenvalue weighted by Gasteiger charge is -2.16. The van der Waals surface area contributed by atoms with E-state index in [0.717, 1.165) is 5.56 Å². The van der Waals surface area contributed by atoms with E-state index in [-0.39, 0.29) is 5.91 Å². The van der Waals surface area contributed by atoms with Crippen molar-refractivity contribution in [1.82, 2.24) is 0 Å². The first-order valence-electron chi connectivity index (χ1n) is 9.68. The first kappa shape index (κ1) is 20.7. The molecule has 0 spiro atoms. The topological polar surface area (TPSA) is 84.9 Å². The molecule has 0 atom stereocenters. The van der Waals surface area contributed by atoms with Gasteiger partial charge in [0.2, 0.25) is 10.0 Å². The molecule has 0 radical (unpaired) electrons. The summed E-state index contributed by atoms with van der Waals surface area (Å²) in [5.74, 6) is 1.58. The highest BCUT2D eigenvalue weighted by atomic mass is 32.2.